The van der Waals surface area contributed by atoms with Crippen molar-refractivity contribution < 1.29 is 4.42 Å². The van der Waals surface area contributed by atoms with Gasteiger partial charge in [-0.15, -0.1) is 11.3 Å². The van der Waals surface area contributed by atoms with Gasteiger partial charge < -0.3 is 9.73 Å². The molecule has 0 saturated heterocycles. The van der Waals surface area contributed by atoms with E-state index in [9.17, 15) is 0 Å². The highest BCUT2D eigenvalue weighted by atomic mass is 32.1. The van der Waals surface area contributed by atoms with Gasteiger partial charge in [0.1, 0.15) is 0 Å². The molecule has 0 fully saturated rings. The van der Waals surface area contributed by atoms with Gasteiger partial charge in [-0.3, -0.25) is 4.98 Å². The second-order valence-corrected chi connectivity index (χ2v) is 4.31. The van der Waals surface area contributed by atoms with Crippen LogP contribution in [0.4, 0.5) is 0 Å². The van der Waals surface area contributed by atoms with Crippen molar-refractivity contribution in [3.8, 4) is 0 Å². The predicted octanol–water partition coefficient (Wildman–Crippen LogP) is 2.63. The Hall–Kier alpha value is -1.13. The quantitative estimate of drug-likeness (QED) is 0.845. The first-order valence-corrected chi connectivity index (χ1v) is 5.91. The molecule has 0 saturated carbocycles. The summed E-state index contributed by atoms with van der Waals surface area (Å²) in [6.07, 6.45) is 6.41. The van der Waals surface area contributed by atoms with Gasteiger partial charge in [0.25, 0.3) is 0 Å². The van der Waals surface area contributed by atoms with Crippen molar-refractivity contribution in [3.05, 3.63) is 40.7 Å². The summed E-state index contributed by atoms with van der Waals surface area (Å²) in [5.41, 5.74) is 3.07. The van der Waals surface area contributed by atoms with Gasteiger partial charge in [0.2, 0.25) is 0 Å². The zero-order valence-corrected chi connectivity index (χ0v) is 9.46. The largest absolute Gasteiger partial charge is 0.472 e. The molecule has 1 unspecified atom stereocenters. The van der Waals surface area contributed by atoms with Gasteiger partial charge in [-0.1, -0.05) is 6.92 Å². The maximum absolute atomic E-state index is 5.11. The molecule has 0 aliphatic carbocycles. The van der Waals surface area contributed by atoms with Crippen molar-refractivity contribution in [2.24, 2.45) is 0 Å². The van der Waals surface area contributed by atoms with E-state index in [0.717, 1.165) is 13.0 Å². The molecule has 0 spiro atoms. The Labute approximate surface area is 93.2 Å². The van der Waals surface area contributed by atoms with Crippen LogP contribution in [0.3, 0.4) is 0 Å². The zero-order chi connectivity index (χ0) is 10.5. The summed E-state index contributed by atoms with van der Waals surface area (Å²) >= 11 is 1.69. The maximum atomic E-state index is 5.11. The molecule has 0 aromatic carbocycles. The number of rotatable bonds is 5. The molecular weight excluding hydrogens is 208 g/mol. The van der Waals surface area contributed by atoms with Crippen molar-refractivity contribution in [2.75, 3.05) is 6.54 Å². The number of nitrogens with zero attached hydrogens (tertiary/aromatic N) is 1. The highest BCUT2D eigenvalue weighted by molar-refractivity contribution is 7.09. The third kappa shape index (κ3) is 2.67. The molecule has 1 N–H and O–H groups in total. The molecular formula is C11H14N2OS. The van der Waals surface area contributed by atoms with Gasteiger partial charge in [0.15, 0.2) is 0 Å². The molecule has 1 atom stereocenters. The van der Waals surface area contributed by atoms with E-state index in [1.807, 2.05) is 17.8 Å². The molecule has 2 aromatic rings. The molecule has 4 heteroatoms. The normalized spacial score (nSPS) is 12.9. The molecule has 2 heterocycles. The summed E-state index contributed by atoms with van der Waals surface area (Å²) in [7, 11) is 0. The molecule has 2 aromatic heterocycles. The second-order valence-electron chi connectivity index (χ2n) is 3.34. The second kappa shape index (κ2) is 5.09. The molecule has 0 aliphatic rings. The summed E-state index contributed by atoms with van der Waals surface area (Å²) in [4.78, 5) is 5.38. The minimum absolute atomic E-state index is 0.328. The number of hydrogen-bond donors (Lipinski definition) is 1. The fraction of sp³-hybridized carbons (Fsp3) is 0.364. The number of nitrogens with one attached hydrogen (secondary N) is 1. The molecule has 0 aliphatic heterocycles. The lowest BCUT2D eigenvalue weighted by Crippen LogP contribution is -2.22. The maximum Gasteiger partial charge on any atom is 0.0950 e. The van der Waals surface area contributed by atoms with Crippen molar-refractivity contribution >= 4 is 11.3 Å². The van der Waals surface area contributed by atoms with Gasteiger partial charge in [-0.05, 0) is 12.6 Å². The lowest BCUT2D eigenvalue weighted by Gasteiger charge is -2.14. The average Bonchev–Trinajstić information content (AvgIpc) is 2.89. The topological polar surface area (TPSA) is 38.1 Å². The summed E-state index contributed by atoms with van der Waals surface area (Å²) in [5, 5.41) is 3.44. The third-order valence-electron chi connectivity index (χ3n) is 2.28. The zero-order valence-electron chi connectivity index (χ0n) is 8.64. The van der Waals surface area contributed by atoms with Crippen molar-refractivity contribution in [1.82, 2.24) is 10.3 Å². The Balaban J connectivity index is 2.07. The van der Waals surface area contributed by atoms with Crippen molar-refractivity contribution in [1.29, 1.82) is 0 Å². The smallest absolute Gasteiger partial charge is 0.0950 e. The fourth-order valence-corrected chi connectivity index (χ4v) is 2.21. The lowest BCUT2D eigenvalue weighted by atomic mass is 10.1. The van der Waals surface area contributed by atoms with Crippen LogP contribution in [0.15, 0.2) is 34.7 Å². The third-order valence-corrected chi connectivity index (χ3v) is 3.09. The van der Waals surface area contributed by atoms with Crippen LogP contribution in [-0.4, -0.2) is 11.5 Å². The average molecular weight is 222 g/mol. The predicted molar refractivity (Wildman–Crippen MR) is 60.9 cm³/mol. The monoisotopic (exact) mass is 222 g/mol. The van der Waals surface area contributed by atoms with E-state index >= 15 is 0 Å². The Bertz CT molecular complexity index is 369. The minimum atomic E-state index is 0.328. The Morgan fingerprint density at radius 1 is 1.60 bits per heavy atom. The van der Waals surface area contributed by atoms with Gasteiger partial charge in [-0.2, -0.15) is 0 Å². The number of hydrogen-bond acceptors (Lipinski definition) is 4. The first-order valence-electron chi connectivity index (χ1n) is 5.03. The Morgan fingerprint density at radius 3 is 3.13 bits per heavy atom. The highest BCUT2D eigenvalue weighted by Gasteiger charge is 2.12. The Morgan fingerprint density at radius 2 is 2.53 bits per heavy atom. The Kier molecular flexibility index (Phi) is 3.53. The van der Waals surface area contributed by atoms with Crippen molar-refractivity contribution in [3.63, 3.8) is 0 Å². The van der Waals surface area contributed by atoms with Crippen molar-refractivity contribution in [2.45, 2.75) is 19.4 Å². The first kappa shape index (κ1) is 10.4. The standard InChI is InChI=1S/C11H14N2OS/c1-2-13-11(9-3-4-14-7-9)5-10-6-12-8-15-10/h3-4,6-8,11,13H,2,5H2,1H3. The van der Waals surface area contributed by atoms with Gasteiger partial charge >= 0.3 is 0 Å². The lowest BCUT2D eigenvalue weighted by molar-refractivity contribution is 0.526. The van der Waals surface area contributed by atoms with Gasteiger partial charge in [-0.25, -0.2) is 0 Å². The van der Waals surface area contributed by atoms with Crippen LogP contribution in [0.25, 0.3) is 0 Å². The summed E-state index contributed by atoms with van der Waals surface area (Å²) in [6.45, 7) is 3.06. The van der Waals surface area contributed by atoms with E-state index in [1.54, 1.807) is 23.9 Å². The van der Waals surface area contributed by atoms with E-state index in [0.29, 0.717) is 6.04 Å². The first-order chi connectivity index (χ1) is 7.40. The van der Waals surface area contributed by atoms with E-state index in [-0.39, 0.29) is 0 Å². The molecule has 0 amide bonds. The van der Waals surface area contributed by atoms with Crippen LogP contribution in [0.2, 0.25) is 0 Å². The SMILES string of the molecule is CCNC(Cc1cncs1)c1ccoc1. The number of likely N-dealkylation sites (N-methyl/N-ethyl adjacent to an activating group) is 1. The number of thiazole rings is 1. The summed E-state index contributed by atoms with van der Waals surface area (Å²) in [6, 6.07) is 2.34. The molecule has 80 valence electrons. The van der Waals surface area contributed by atoms with E-state index < -0.39 is 0 Å². The molecule has 2 rings (SSSR count). The van der Waals surface area contributed by atoms with E-state index in [1.165, 1.54) is 10.4 Å². The fourth-order valence-electron chi connectivity index (χ4n) is 1.57. The van der Waals surface area contributed by atoms with Crippen LogP contribution >= 0.6 is 11.3 Å². The van der Waals surface area contributed by atoms with Crippen LogP contribution in [-0.2, 0) is 6.42 Å². The number of aromatic nitrogens is 1. The molecule has 0 bridgehead atoms. The highest BCUT2D eigenvalue weighted by Crippen LogP contribution is 2.20. The van der Waals surface area contributed by atoms with Gasteiger partial charge in [0.05, 0.1) is 18.0 Å². The minimum Gasteiger partial charge on any atom is -0.472 e. The van der Waals surface area contributed by atoms with Gasteiger partial charge in [0, 0.05) is 29.1 Å². The number of furan rings is 1. The molecule has 3 nitrogen and oxygen atoms in total. The van der Waals surface area contributed by atoms with E-state index in [4.69, 9.17) is 4.42 Å². The summed E-state index contributed by atoms with van der Waals surface area (Å²) in [5.74, 6) is 0. The van der Waals surface area contributed by atoms with Crippen LogP contribution in [0.5, 0.6) is 0 Å². The molecule has 0 radical (unpaired) electrons. The molecule has 15 heavy (non-hydrogen) atoms. The van der Waals surface area contributed by atoms with E-state index in [2.05, 4.69) is 17.2 Å². The van der Waals surface area contributed by atoms with Crippen LogP contribution < -0.4 is 5.32 Å². The summed E-state index contributed by atoms with van der Waals surface area (Å²) < 4.78 is 5.11. The van der Waals surface area contributed by atoms with Crippen LogP contribution in [0, 0.1) is 0 Å². The van der Waals surface area contributed by atoms with Crippen LogP contribution in [0.1, 0.15) is 23.4 Å².